The van der Waals surface area contributed by atoms with Gasteiger partial charge in [-0.25, -0.2) is 4.79 Å². The molecule has 2 unspecified atom stereocenters. The number of ether oxygens (including phenoxy) is 1. The van der Waals surface area contributed by atoms with Crippen LogP contribution in [0.1, 0.15) is 44.2 Å². The summed E-state index contributed by atoms with van der Waals surface area (Å²) in [5, 5.41) is 10.7. The van der Waals surface area contributed by atoms with Gasteiger partial charge in [0.1, 0.15) is 11.4 Å². The van der Waals surface area contributed by atoms with E-state index in [1.807, 2.05) is 19.9 Å². The Balaban J connectivity index is 2.55. The lowest BCUT2D eigenvalue weighted by Crippen LogP contribution is -2.44. The third-order valence-corrected chi connectivity index (χ3v) is 10.5. The number of carboxylic acid groups (broad SMARTS) is 1. The largest absolute Gasteiger partial charge is 0.596 e. The van der Waals surface area contributed by atoms with Crippen molar-refractivity contribution in [3.8, 4) is 5.75 Å². The van der Waals surface area contributed by atoms with Gasteiger partial charge in [-0.2, -0.15) is 0 Å². The average molecular weight is 451 g/mol. The van der Waals surface area contributed by atoms with Gasteiger partial charge < -0.3 is 23.4 Å². The van der Waals surface area contributed by atoms with Crippen LogP contribution < -0.4 is 10.1 Å². The van der Waals surface area contributed by atoms with E-state index in [-0.39, 0.29) is 6.04 Å². The lowest BCUT2D eigenvalue weighted by molar-refractivity contribution is 0.137. The number of para-hydroxylation sites is 1. The van der Waals surface area contributed by atoms with E-state index in [4.69, 9.17) is 25.6 Å². The predicted molar refractivity (Wildman–Crippen MR) is 112 cm³/mol. The Morgan fingerprint density at radius 1 is 1.43 bits per heavy atom. The molecule has 0 radical (unpaired) electrons. The third kappa shape index (κ3) is 4.81. The fourth-order valence-electron chi connectivity index (χ4n) is 3.13. The molecule has 0 aromatic heterocycles. The van der Waals surface area contributed by atoms with Gasteiger partial charge in [0.05, 0.1) is 23.0 Å². The van der Waals surface area contributed by atoms with Gasteiger partial charge in [-0.05, 0) is 55.2 Å². The summed E-state index contributed by atoms with van der Waals surface area (Å²) in [5.41, 5.74) is 0.994. The molecular weight excluding hydrogens is 423 g/mol. The molecule has 8 nitrogen and oxygen atoms in total. The lowest BCUT2D eigenvalue weighted by Gasteiger charge is -2.37. The number of hydrogen-bond donors (Lipinski definition) is 2. The fourth-order valence-corrected chi connectivity index (χ4v) is 8.03. The number of nitrogens with zero attached hydrogens (tertiary/aromatic N) is 1. The van der Waals surface area contributed by atoms with Crippen LogP contribution in [0.2, 0.25) is 0 Å². The van der Waals surface area contributed by atoms with Gasteiger partial charge >= 0.3 is 12.7 Å². The first-order valence-electron chi connectivity index (χ1n) is 8.68. The number of fused-ring (bicyclic) bond motifs is 1. The lowest BCUT2D eigenvalue weighted by atomic mass is 10.0. The minimum atomic E-state index is -3.07. The van der Waals surface area contributed by atoms with Gasteiger partial charge in [0.25, 0.3) is 0 Å². The van der Waals surface area contributed by atoms with Crippen LogP contribution >= 0.6 is 6.64 Å². The van der Waals surface area contributed by atoms with Gasteiger partial charge in [0.15, 0.2) is 0 Å². The van der Waals surface area contributed by atoms with E-state index in [9.17, 15) is 14.5 Å². The zero-order valence-electron chi connectivity index (χ0n) is 16.8. The van der Waals surface area contributed by atoms with E-state index < -0.39 is 35.1 Å². The van der Waals surface area contributed by atoms with Crippen LogP contribution in [0.3, 0.4) is 0 Å². The Bertz CT molecular complexity index is 768. The molecule has 0 bridgehead atoms. The van der Waals surface area contributed by atoms with Crippen LogP contribution in [0.4, 0.5) is 4.79 Å². The van der Waals surface area contributed by atoms with Crippen molar-refractivity contribution in [1.82, 2.24) is 9.39 Å². The molecule has 1 heterocycles. The Morgan fingerprint density at radius 3 is 2.54 bits per heavy atom. The minimum absolute atomic E-state index is 0.321. The molecule has 2 atom stereocenters. The quantitative estimate of drug-likeness (QED) is 0.458. The number of carbonyl (C=O) groups is 1. The van der Waals surface area contributed by atoms with Crippen molar-refractivity contribution in [2.24, 2.45) is 0 Å². The summed E-state index contributed by atoms with van der Waals surface area (Å²) < 4.78 is 31.8. The number of rotatable bonds is 8. The molecule has 0 spiro atoms. The van der Waals surface area contributed by atoms with Crippen molar-refractivity contribution in [3.05, 3.63) is 29.3 Å². The molecule has 1 aromatic rings. The van der Waals surface area contributed by atoms with Crippen LogP contribution in [0.25, 0.3) is 0 Å². The van der Waals surface area contributed by atoms with E-state index in [0.717, 1.165) is 5.56 Å². The molecule has 1 amide bonds. The van der Waals surface area contributed by atoms with Gasteiger partial charge in [0.2, 0.25) is 5.37 Å². The van der Waals surface area contributed by atoms with Crippen molar-refractivity contribution in [1.29, 1.82) is 0 Å². The summed E-state index contributed by atoms with van der Waals surface area (Å²) >= 11 is 3.56. The molecule has 0 saturated heterocycles. The Hall–Kier alpha value is -0.870. The highest BCUT2D eigenvalue weighted by Crippen LogP contribution is 2.56. The first-order chi connectivity index (χ1) is 13.0. The third-order valence-electron chi connectivity index (χ3n) is 4.19. The van der Waals surface area contributed by atoms with Crippen molar-refractivity contribution >= 4 is 35.9 Å². The average Bonchev–Trinajstić information content (AvgIpc) is 2.92. The van der Waals surface area contributed by atoms with E-state index in [1.165, 1.54) is 18.3 Å². The molecule has 0 fully saturated rings. The van der Waals surface area contributed by atoms with Crippen molar-refractivity contribution < 1.29 is 28.2 Å². The van der Waals surface area contributed by atoms with Crippen molar-refractivity contribution in [2.75, 3.05) is 14.2 Å². The van der Waals surface area contributed by atoms with Crippen molar-refractivity contribution in [2.45, 2.75) is 51.1 Å². The zero-order valence-corrected chi connectivity index (χ0v) is 19.3. The Kier molecular flexibility index (Phi) is 7.42. The number of benzene rings is 1. The molecule has 2 N–H and O–H groups in total. The van der Waals surface area contributed by atoms with Crippen molar-refractivity contribution in [3.63, 3.8) is 0 Å². The normalized spacial score (nSPS) is 17.9. The van der Waals surface area contributed by atoms with Gasteiger partial charge in [-0.1, -0.05) is 12.1 Å². The van der Waals surface area contributed by atoms with E-state index in [2.05, 4.69) is 5.32 Å². The highest BCUT2D eigenvalue weighted by Gasteiger charge is 2.46. The molecule has 0 saturated carbocycles. The molecular formula is C17H27N2O6PS2. The Labute approximate surface area is 174 Å². The molecule has 28 heavy (non-hydrogen) atoms. The van der Waals surface area contributed by atoms with Gasteiger partial charge in [-0.3, -0.25) is 5.32 Å². The van der Waals surface area contributed by atoms with Crippen LogP contribution in [0.5, 0.6) is 5.75 Å². The van der Waals surface area contributed by atoms with Gasteiger partial charge in [0, 0.05) is 20.6 Å². The molecule has 0 aliphatic carbocycles. The minimum Gasteiger partial charge on any atom is -0.596 e. The summed E-state index contributed by atoms with van der Waals surface area (Å²) in [5.74, 6) is 0.548. The second-order valence-electron chi connectivity index (χ2n) is 7.21. The van der Waals surface area contributed by atoms with E-state index in [1.54, 1.807) is 26.0 Å². The number of hydrogen-bond acceptors (Lipinski definition) is 6. The second kappa shape index (κ2) is 8.87. The summed E-state index contributed by atoms with van der Waals surface area (Å²) in [6.07, 6.45) is -0.634. The summed E-state index contributed by atoms with van der Waals surface area (Å²) in [7, 11) is 2.78. The molecule has 158 valence electrons. The zero-order chi connectivity index (χ0) is 21.3. The SMILES string of the molecule is COP(=S)(OC)N(C(C)C)[S+]([O-])C(NC(=O)O)c1cccc2c1OC(C)(C)C2. The molecule has 11 heteroatoms. The standard InChI is InChI=1S/C17H27N2O6PS2/c1-11(2)19(26(27,23-5)24-6)28(22)15(18-16(20)21)13-9-7-8-12-10-17(3,4)25-14(12)13/h7-9,11,15,18H,10H2,1-6H3,(H,20,21). The molecule has 1 aliphatic rings. The highest BCUT2D eigenvalue weighted by molar-refractivity contribution is 8.13. The topological polar surface area (TPSA) is 103 Å². The van der Waals surface area contributed by atoms with Crippen LogP contribution in [0, 0.1) is 0 Å². The first kappa shape index (κ1) is 23.4. The molecule has 1 aromatic carbocycles. The summed E-state index contributed by atoms with van der Waals surface area (Å²) in [6.45, 7) is 4.41. The maximum absolute atomic E-state index is 13.6. The van der Waals surface area contributed by atoms with Crippen LogP contribution in [-0.2, 0) is 38.6 Å². The van der Waals surface area contributed by atoms with Crippen LogP contribution in [0.15, 0.2) is 18.2 Å². The van der Waals surface area contributed by atoms with Crippen LogP contribution in [-0.4, -0.2) is 45.7 Å². The fraction of sp³-hybridized carbons (Fsp3) is 0.588. The molecule has 2 rings (SSSR count). The maximum Gasteiger partial charge on any atom is 0.408 e. The maximum atomic E-state index is 13.6. The Morgan fingerprint density at radius 2 is 2.04 bits per heavy atom. The first-order valence-corrected chi connectivity index (χ1v) is 12.4. The number of nitrogens with one attached hydrogen (secondary N) is 1. The van der Waals surface area contributed by atoms with E-state index >= 15 is 0 Å². The smallest absolute Gasteiger partial charge is 0.408 e. The predicted octanol–water partition coefficient (Wildman–Crippen LogP) is 3.56. The van der Waals surface area contributed by atoms with Gasteiger partial charge in [-0.15, -0.1) is 0 Å². The summed E-state index contributed by atoms with van der Waals surface area (Å²) in [6, 6.07) is 5.11. The molecule has 1 aliphatic heterocycles. The second-order valence-corrected chi connectivity index (χ2v) is 12.4. The summed E-state index contributed by atoms with van der Waals surface area (Å²) in [4.78, 5) is 11.5. The number of amides is 1. The highest BCUT2D eigenvalue weighted by atomic mass is 32.5. The van der Waals surface area contributed by atoms with E-state index in [0.29, 0.717) is 17.7 Å². The monoisotopic (exact) mass is 450 g/mol.